The van der Waals surface area contributed by atoms with Gasteiger partial charge in [-0.1, -0.05) is 5.21 Å². The fourth-order valence-corrected chi connectivity index (χ4v) is 0.748. The quantitative estimate of drug-likeness (QED) is 0.660. The minimum Gasteiger partial charge on any atom is -0.476 e. The molecule has 0 fully saturated rings. The zero-order valence-electron chi connectivity index (χ0n) is 7.76. The number of carbonyl (C=O) groups excluding carboxylic acids is 1. The molecule has 0 saturated carbocycles. The Hall–Kier alpha value is -1.92. The lowest BCUT2D eigenvalue weighted by atomic mass is 10.1. The molecule has 1 rings (SSSR count). The Morgan fingerprint density at radius 3 is 2.50 bits per heavy atom. The van der Waals surface area contributed by atoms with Crippen LogP contribution >= 0.6 is 0 Å². The Balaban J connectivity index is 3.09. The number of carboxylic acid groups (broad SMARTS) is 1. The van der Waals surface area contributed by atoms with Crippen LogP contribution in [0.15, 0.2) is 6.20 Å². The molecule has 0 unspecified atom stereocenters. The molecule has 0 saturated heterocycles. The maximum absolute atomic E-state index is 11.0. The van der Waals surface area contributed by atoms with E-state index in [0.29, 0.717) is 0 Å². The van der Waals surface area contributed by atoms with Gasteiger partial charge in [0, 0.05) is 0 Å². The van der Waals surface area contributed by atoms with Gasteiger partial charge in [-0.05, 0) is 13.8 Å². The Bertz CT molecular complexity index is 382. The third kappa shape index (κ3) is 1.56. The first-order valence-electron chi connectivity index (χ1n) is 3.81. The number of aromatic carboxylic acids is 1. The van der Waals surface area contributed by atoms with E-state index in [0.717, 1.165) is 10.9 Å². The first-order valence-corrected chi connectivity index (χ1v) is 3.81. The summed E-state index contributed by atoms with van der Waals surface area (Å²) in [5, 5.41) is 15.5. The number of hydrogen-bond acceptors (Lipinski definition) is 4. The molecule has 7 heteroatoms. The molecule has 76 valence electrons. The smallest absolute Gasteiger partial charge is 0.358 e. The van der Waals surface area contributed by atoms with Crippen LogP contribution in [0.1, 0.15) is 24.3 Å². The lowest BCUT2D eigenvalue weighted by Gasteiger charge is -2.19. The van der Waals surface area contributed by atoms with Crippen LogP contribution in [0.3, 0.4) is 0 Å². The summed E-state index contributed by atoms with van der Waals surface area (Å²) in [5.41, 5.74) is 3.81. The van der Waals surface area contributed by atoms with Crippen molar-refractivity contribution in [2.75, 3.05) is 0 Å². The van der Waals surface area contributed by atoms with Gasteiger partial charge in [0.05, 0.1) is 6.20 Å². The number of amides is 1. The largest absolute Gasteiger partial charge is 0.476 e. The highest BCUT2D eigenvalue weighted by Crippen LogP contribution is 2.12. The highest BCUT2D eigenvalue weighted by atomic mass is 16.4. The van der Waals surface area contributed by atoms with E-state index in [-0.39, 0.29) is 5.69 Å². The summed E-state index contributed by atoms with van der Waals surface area (Å²) in [4.78, 5) is 21.5. The van der Waals surface area contributed by atoms with Gasteiger partial charge in [-0.3, -0.25) is 4.79 Å². The van der Waals surface area contributed by atoms with Crippen molar-refractivity contribution < 1.29 is 14.7 Å². The van der Waals surface area contributed by atoms with Crippen LogP contribution in [0.4, 0.5) is 0 Å². The second-order valence-electron chi connectivity index (χ2n) is 3.28. The van der Waals surface area contributed by atoms with Crippen LogP contribution in [0.25, 0.3) is 0 Å². The van der Waals surface area contributed by atoms with E-state index in [4.69, 9.17) is 10.8 Å². The van der Waals surface area contributed by atoms with Crippen molar-refractivity contribution >= 4 is 11.9 Å². The normalized spacial score (nSPS) is 11.3. The van der Waals surface area contributed by atoms with E-state index in [2.05, 4.69) is 10.3 Å². The number of carbonyl (C=O) groups is 2. The Kier molecular flexibility index (Phi) is 2.24. The van der Waals surface area contributed by atoms with E-state index >= 15 is 0 Å². The lowest BCUT2D eigenvalue weighted by Crippen LogP contribution is -2.41. The molecule has 3 N–H and O–H groups in total. The van der Waals surface area contributed by atoms with Crippen LogP contribution < -0.4 is 5.73 Å². The Morgan fingerprint density at radius 1 is 1.57 bits per heavy atom. The highest BCUT2D eigenvalue weighted by molar-refractivity contribution is 5.85. The fourth-order valence-electron chi connectivity index (χ4n) is 0.748. The molecule has 0 spiro atoms. The van der Waals surface area contributed by atoms with Crippen molar-refractivity contribution in [1.82, 2.24) is 15.0 Å². The molecule has 0 atom stereocenters. The number of nitrogens with zero attached hydrogens (tertiary/aromatic N) is 3. The standard InChI is InChI=1S/C7H10N4O3/c1-7(2,6(8)14)11-3-4(5(12)13)9-10-11/h3H,1-2H3,(H2,8,14)(H,12,13). The summed E-state index contributed by atoms with van der Waals surface area (Å²) in [6.07, 6.45) is 1.16. The SMILES string of the molecule is CC(C)(C(N)=O)n1cc(C(=O)O)nn1. The van der Waals surface area contributed by atoms with Gasteiger partial charge < -0.3 is 10.8 Å². The molecule has 7 nitrogen and oxygen atoms in total. The summed E-state index contributed by atoms with van der Waals surface area (Å²) in [5.74, 6) is -1.81. The molecule has 1 aromatic heterocycles. The summed E-state index contributed by atoms with van der Waals surface area (Å²) in [6, 6.07) is 0. The van der Waals surface area contributed by atoms with Crippen molar-refractivity contribution in [2.24, 2.45) is 5.73 Å². The number of primary amides is 1. The topological polar surface area (TPSA) is 111 Å². The van der Waals surface area contributed by atoms with Crippen LogP contribution in [0.2, 0.25) is 0 Å². The van der Waals surface area contributed by atoms with Gasteiger partial charge >= 0.3 is 5.97 Å². The molecule has 1 heterocycles. The van der Waals surface area contributed by atoms with Crippen LogP contribution in [0, 0.1) is 0 Å². The molecule has 0 aliphatic carbocycles. The average molecular weight is 198 g/mol. The van der Waals surface area contributed by atoms with Crippen molar-refractivity contribution in [1.29, 1.82) is 0 Å². The third-order valence-electron chi connectivity index (χ3n) is 1.89. The highest BCUT2D eigenvalue weighted by Gasteiger charge is 2.29. The Labute approximate surface area is 79.5 Å². The zero-order valence-corrected chi connectivity index (χ0v) is 7.76. The van der Waals surface area contributed by atoms with Crippen molar-refractivity contribution in [3.63, 3.8) is 0 Å². The second kappa shape index (κ2) is 3.09. The number of nitrogens with two attached hydrogens (primary N) is 1. The maximum Gasteiger partial charge on any atom is 0.358 e. The summed E-state index contributed by atoms with van der Waals surface area (Å²) >= 11 is 0. The monoisotopic (exact) mass is 198 g/mol. The predicted octanol–water partition coefficient (Wildman–Crippen LogP) is -0.803. The van der Waals surface area contributed by atoms with Crippen molar-refractivity contribution in [3.8, 4) is 0 Å². The van der Waals surface area contributed by atoms with Gasteiger partial charge in [-0.15, -0.1) is 5.10 Å². The first kappa shape index (κ1) is 10.2. The summed E-state index contributed by atoms with van der Waals surface area (Å²) in [7, 11) is 0. The second-order valence-corrected chi connectivity index (χ2v) is 3.28. The molecule has 0 aliphatic rings. The average Bonchev–Trinajstić information content (AvgIpc) is 2.51. The van der Waals surface area contributed by atoms with Crippen LogP contribution in [-0.4, -0.2) is 32.0 Å². The molecule has 14 heavy (non-hydrogen) atoms. The van der Waals surface area contributed by atoms with Crippen LogP contribution in [-0.2, 0) is 10.3 Å². The molecular weight excluding hydrogens is 188 g/mol. The molecule has 0 radical (unpaired) electrons. The minimum absolute atomic E-state index is 0.223. The number of rotatable bonds is 3. The first-order chi connectivity index (χ1) is 6.35. The van der Waals surface area contributed by atoms with E-state index in [1.165, 1.54) is 13.8 Å². The van der Waals surface area contributed by atoms with Gasteiger partial charge in [-0.25, -0.2) is 9.48 Å². The van der Waals surface area contributed by atoms with E-state index in [1.54, 1.807) is 0 Å². The van der Waals surface area contributed by atoms with Gasteiger partial charge in [0.15, 0.2) is 5.69 Å². The van der Waals surface area contributed by atoms with Gasteiger partial charge in [0.1, 0.15) is 5.54 Å². The van der Waals surface area contributed by atoms with Crippen molar-refractivity contribution in [2.45, 2.75) is 19.4 Å². The Morgan fingerprint density at radius 2 is 2.14 bits per heavy atom. The maximum atomic E-state index is 11.0. The number of hydrogen-bond donors (Lipinski definition) is 2. The van der Waals surface area contributed by atoms with Gasteiger partial charge in [0.25, 0.3) is 0 Å². The zero-order chi connectivity index (χ0) is 10.9. The lowest BCUT2D eigenvalue weighted by molar-refractivity contribution is -0.125. The minimum atomic E-state index is -1.20. The molecule has 0 aromatic carbocycles. The number of carboxylic acids is 1. The summed E-state index contributed by atoms with van der Waals surface area (Å²) < 4.78 is 1.12. The van der Waals surface area contributed by atoms with Gasteiger partial charge in [0.2, 0.25) is 5.91 Å². The van der Waals surface area contributed by atoms with E-state index in [9.17, 15) is 9.59 Å². The molecule has 0 aliphatic heterocycles. The van der Waals surface area contributed by atoms with Gasteiger partial charge in [-0.2, -0.15) is 0 Å². The van der Waals surface area contributed by atoms with E-state index < -0.39 is 17.4 Å². The number of aromatic nitrogens is 3. The molecule has 0 bridgehead atoms. The predicted molar refractivity (Wildman–Crippen MR) is 45.5 cm³/mol. The van der Waals surface area contributed by atoms with Crippen molar-refractivity contribution in [3.05, 3.63) is 11.9 Å². The molecular formula is C7H10N4O3. The third-order valence-corrected chi connectivity index (χ3v) is 1.89. The van der Waals surface area contributed by atoms with E-state index in [1.807, 2.05) is 0 Å². The van der Waals surface area contributed by atoms with Crippen LogP contribution in [0.5, 0.6) is 0 Å². The summed E-state index contributed by atoms with van der Waals surface area (Å²) in [6.45, 7) is 3.05. The molecule has 1 aromatic rings. The molecule has 1 amide bonds. The fraction of sp³-hybridized carbons (Fsp3) is 0.429.